The van der Waals surface area contributed by atoms with E-state index in [1.165, 1.54) is 19.3 Å². The Balaban J connectivity index is 1.69. The third-order valence-electron chi connectivity index (χ3n) is 3.06. The van der Waals surface area contributed by atoms with Crippen LogP contribution in [0.3, 0.4) is 0 Å². The highest BCUT2D eigenvalue weighted by Crippen LogP contribution is 2.24. The molecule has 0 bridgehead atoms. The first-order valence-electron chi connectivity index (χ1n) is 6.12. The Morgan fingerprint density at radius 2 is 1.94 bits per heavy atom. The van der Waals surface area contributed by atoms with Crippen LogP contribution in [0.5, 0.6) is 0 Å². The van der Waals surface area contributed by atoms with Gasteiger partial charge in [0.1, 0.15) is 0 Å². The highest BCUT2D eigenvalue weighted by atomic mass is 79.9. The van der Waals surface area contributed by atoms with Crippen LogP contribution in [0.25, 0.3) is 11.7 Å². The van der Waals surface area contributed by atoms with Crippen molar-refractivity contribution in [3.63, 3.8) is 0 Å². The molecule has 1 aliphatic heterocycles. The molecule has 2 aromatic heterocycles. The molecule has 3 rings (SSSR count). The summed E-state index contributed by atoms with van der Waals surface area (Å²) in [6.07, 6.45) is 3.84. The molecular weight excluding hydrogens is 298 g/mol. The topological polar surface area (TPSA) is 55.3 Å². The minimum absolute atomic E-state index is 0.438. The average molecular weight is 312 g/mol. The van der Waals surface area contributed by atoms with E-state index in [2.05, 4.69) is 31.0 Å². The van der Waals surface area contributed by atoms with Crippen LogP contribution in [-0.4, -0.2) is 28.2 Å². The van der Waals surface area contributed by atoms with Gasteiger partial charge in [0.15, 0.2) is 10.4 Å². The molecule has 0 saturated carbocycles. The summed E-state index contributed by atoms with van der Waals surface area (Å²) in [5, 5.41) is 8.07. The van der Waals surface area contributed by atoms with E-state index in [4.69, 9.17) is 8.83 Å². The van der Waals surface area contributed by atoms with Gasteiger partial charge in [0.25, 0.3) is 5.89 Å². The summed E-state index contributed by atoms with van der Waals surface area (Å²) >= 11 is 3.25. The van der Waals surface area contributed by atoms with Crippen LogP contribution in [0, 0.1) is 0 Å². The van der Waals surface area contributed by atoms with Gasteiger partial charge in [0.05, 0.1) is 6.54 Å². The zero-order valence-electron chi connectivity index (χ0n) is 9.93. The minimum Gasteiger partial charge on any atom is -0.444 e. The van der Waals surface area contributed by atoms with Crippen molar-refractivity contribution in [3.05, 3.63) is 22.7 Å². The molecule has 1 saturated heterocycles. The summed E-state index contributed by atoms with van der Waals surface area (Å²) in [6, 6.07) is 3.62. The largest absolute Gasteiger partial charge is 0.444 e. The Labute approximate surface area is 113 Å². The molecule has 0 radical (unpaired) electrons. The molecule has 0 aromatic carbocycles. The predicted molar refractivity (Wildman–Crippen MR) is 68.8 cm³/mol. The highest BCUT2D eigenvalue weighted by molar-refractivity contribution is 9.10. The SMILES string of the molecule is Brc1ccc(-c2nnc(CN3CCCCC3)o2)o1. The number of aromatic nitrogens is 2. The lowest BCUT2D eigenvalue weighted by atomic mass is 10.1. The van der Waals surface area contributed by atoms with E-state index in [0.717, 1.165) is 19.6 Å². The summed E-state index contributed by atoms with van der Waals surface area (Å²) in [5.74, 6) is 1.69. The van der Waals surface area contributed by atoms with Crippen LogP contribution in [0.15, 0.2) is 25.6 Å². The second kappa shape index (κ2) is 5.24. The molecule has 18 heavy (non-hydrogen) atoms. The molecule has 0 spiro atoms. The van der Waals surface area contributed by atoms with Gasteiger partial charge in [0, 0.05) is 0 Å². The zero-order chi connectivity index (χ0) is 12.4. The standard InChI is InChI=1S/C12H14BrN3O2/c13-10-5-4-9(17-10)12-15-14-11(18-12)8-16-6-2-1-3-7-16/h4-5H,1-3,6-8H2. The second-order valence-corrected chi connectivity index (χ2v) is 5.22. The van der Waals surface area contributed by atoms with Crippen LogP contribution in [0.1, 0.15) is 25.2 Å². The van der Waals surface area contributed by atoms with E-state index < -0.39 is 0 Å². The summed E-state index contributed by atoms with van der Waals surface area (Å²) in [5.41, 5.74) is 0. The van der Waals surface area contributed by atoms with Crippen molar-refractivity contribution in [2.45, 2.75) is 25.8 Å². The molecule has 2 aromatic rings. The molecule has 0 atom stereocenters. The predicted octanol–water partition coefficient (Wildman–Crippen LogP) is 3.08. The minimum atomic E-state index is 0.438. The number of nitrogens with zero attached hydrogens (tertiary/aromatic N) is 3. The molecule has 0 N–H and O–H groups in total. The highest BCUT2D eigenvalue weighted by Gasteiger charge is 2.16. The fourth-order valence-corrected chi connectivity index (χ4v) is 2.46. The Morgan fingerprint density at radius 3 is 2.67 bits per heavy atom. The van der Waals surface area contributed by atoms with E-state index in [0.29, 0.717) is 22.2 Å². The molecule has 1 aliphatic rings. The zero-order valence-corrected chi connectivity index (χ0v) is 11.5. The fraction of sp³-hybridized carbons (Fsp3) is 0.500. The van der Waals surface area contributed by atoms with Crippen molar-refractivity contribution in [1.82, 2.24) is 15.1 Å². The Bertz CT molecular complexity index is 517. The Morgan fingerprint density at radius 1 is 1.11 bits per heavy atom. The van der Waals surface area contributed by atoms with Crippen LogP contribution in [0.2, 0.25) is 0 Å². The lowest BCUT2D eigenvalue weighted by Crippen LogP contribution is -2.29. The number of rotatable bonds is 3. The lowest BCUT2D eigenvalue weighted by Gasteiger charge is -2.24. The van der Waals surface area contributed by atoms with E-state index in [1.807, 2.05) is 12.1 Å². The molecule has 6 heteroatoms. The van der Waals surface area contributed by atoms with Crippen LogP contribution in [0.4, 0.5) is 0 Å². The number of halogens is 1. The number of hydrogen-bond acceptors (Lipinski definition) is 5. The van der Waals surface area contributed by atoms with Gasteiger partial charge in [-0.1, -0.05) is 6.42 Å². The molecule has 3 heterocycles. The van der Waals surface area contributed by atoms with E-state index in [9.17, 15) is 0 Å². The van der Waals surface area contributed by atoms with E-state index in [1.54, 1.807) is 0 Å². The Hall–Kier alpha value is -1.14. The average Bonchev–Trinajstić information content (AvgIpc) is 2.99. The first kappa shape index (κ1) is 11.9. The Kier molecular flexibility index (Phi) is 3.47. The maximum Gasteiger partial charge on any atom is 0.283 e. The summed E-state index contributed by atoms with van der Waals surface area (Å²) in [4.78, 5) is 2.35. The number of likely N-dealkylation sites (tertiary alicyclic amines) is 1. The van der Waals surface area contributed by atoms with Gasteiger partial charge in [-0.15, -0.1) is 10.2 Å². The van der Waals surface area contributed by atoms with Crippen LogP contribution in [-0.2, 0) is 6.54 Å². The first-order chi connectivity index (χ1) is 8.81. The van der Waals surface area contributed by atoms with Crippen LogP contribution >= 0.6 is 15.9 Å². The first-order valence-corrected chi connectivity index (χ1v) is 6.91. The summed E-state index contributed by atoms with van der Waals surface area (Å²) in [7, 11) is 0. The normalized spacial score (nSPS) is 17.2. The molecule has 5 nitrogen and oxygen atoms in total. The number of piperidine rings is 1. The second-order valence-electron chi connectivity index (χ2n) is 4.44. The molecule has 1 fully saturated rings. The van der Waals surface area contributed by atoms with Crippen molar-refractivity contribution in [3.8, 4) is 11.7 Å². The van der Waals surface area contributed by atoms with Gasteiger partial charge in [-0.3, -0.25) is 4.90 Å². The maximum absolute atomic E-state index is 5.61. The number of furan rings is 1. The smallest absolute Gasteiger partial charge is 0.283 e. The van der Waals surface area contributed by atoms with Crippen molar-refractivity contribution < 1.29 is 8.83 Å². The van der Waals surface area contributed by atoms with Crippen LogP contribution < -0.4 is 0 Å². The monoisotopic (exact) mass is 311 g/mol. The van der Waals surface area contributed by atoms with Gasteiger partial charge in [-0.2, -0.15) is 0 Å². The van der Waals surface area contributed by atoms with Gasteiger partial charge in [-0.25, -0.2) is 0 Å². The molecular formula is C12H14BrN3O2. The summed E-state index contributed by atoms with van der Waals surface area (Å²) < 4.78 is 11.6. The van der Waals surface area contributed by atoms with E-state index in [-0.39, 0.29) is 0 Å². The van der Waals surface area contributed by atoms with Crippen molar-refractivity contribution in [1.29, 1.82) is 0 Å². The van der Waals surface area contributed by atoms with Gasteiger partial charge in [0.2, 0.25) is 5.89 Å². The van der Waals surface area contributed by atoms with E-state index >= 15 is 0 Å². The van der Waals surface area contributed by atoms with Gasteiger partial charge in [-0.05, 0) is 54.0 Å². The maximum atomic E-state index is 5.61. The van der Waals surface area contributed by atoms with Crippen molar-refractivity contribution in [2.24, 2.45) is 0 Å². The van der Waals surface area contributed by atoms with Crippen molar-refractivity contribution in [2.75, 3.05) is 13.1 Å². The quantitative estimate of drug-likeness (QED) is 0.872. The molecule has 0 aliphatic carbocycles. The lowest BCUT2D eigenvalue weighted by molar-refractivity contribution is 0.202. The van der Waals surface area contributed by atoms with Gasteiger partial charge < -0.3 is 8.83 Å². The molecule has 0 unspecified atom stereocenters. The number of hydrogen-bond donors (Lipinski definition) is 0. The fourth-order valence-electron chi connectivity index (χ4n) is 2.16. The van der Waals surface area contributed by atoms with Crippen molar-refractivity contribution >= 4 is 15.9 Å². The third-order valence-corrected chi connectivity index (χ3v) is 3.48. The third kappa shape index (κ3) is 2.64. The molecule has 0 amide bonds. The summed E-state index contributed by atoms with van der Waals surface area (Å²) in [6.45, 7) is 2.96. The molecule has 96 valence electrons. The van der Waals surface area contributed by atoms with Gasteiger partial charge >= 0.3 is 0 Å².